The van der Waals surface area contributed by atoms with Gasteiger partial charge in [-0.3, -0.25) is 15.0 Å². The lowest BCUT2D eigenvalue weighted by atomic mass is 9.70. The first-order chi connectivity index (χ1) is 17.0. The van der Waals surface area contributed by atoms with Crippen LogP contribution >= 0.6 is 0 Å². The Labute approximate surface area is 213 Å². The molecule has 5 rings (SSSR count). The monoisotopic (exact) mass is 500 g/mol. The van der Waals surface area contributed by atoms with E-state index in [0.29, 0.717) is 23.1 Å². The number of hydrogen-bond donors (Lipinski definition) is 0. The van der Waals surface area contributed by atoms with Gasteiger partial charge in [0.2, 0.25) is 0 Å². The summed E-state index contributed by atoms with van der Waals surface area (Å²) in [5.74, 6) is 1.02. The third-order valence-electron chi connectivity index (χ3n) is 8.82. The summed E-state index contributed by atoms with van der Waals surface area (Å²) in [6.07, 6.45) is 5.54. The minimum absolute atomic E-state index is 0.0274. The van der Waals surface area contributed by atoms with Crippen molar-refractivity contribution in [2.45, 2.75) is 77.5 Å². The first-order valence-electron chi connectivity index (χ1n) is 13.3. The lowest BCUT2D eigenvalue weighted by Gasteiger charge is -2.48. The standard InChI is InChI=1S/C27H40N4O5/c1-18-14-21(31(33)34)23(35-5)16-20(18)28-12-8-27(9-13-28)17-30-22(24(27)30)15-19-6-10-29(11-7-19)25(32)36-26(2,3)4/h14,16,19,22,24H,6-13,15,17H2,1-5H3. The first kappa shape index (κ1) is 25.1. The summed E-state index contributed by atoms with van der Waals surface area (Å²) in [5, 5.41) is 11.3. The van der Waals surface area contributed by atoms with Crippen LogP contribution in [0.2, 0.25) is 0 Å². The number of carbonyl (C=O) groups excluding carboxylic acids is 1. The molecule has 0 bridgehead atoms. The van der Waals surface area contributed by atoms with Gasteiger partial charge in [0.15, 0.2) is 5.75 Å². The van der Waals surface area contributed by atoms with Gasteiger partial charge in [-0.25, -0.2) is 4.79 Å². The van der Waals surface area contributed by atoms with Gasteiger partial charge in [0, 0.05) is 68.0 Å². The molecule has 0 aliphatic carbocycles. The highest BCUT2D eigenvalue weighted by atomic mass is 16.6. The Morgan fingerprint density at radius 1 is 1.17 bits per heavy atom. The quantitative estimate of drug-likeness (QED) is 0.332. The molecule has 0 saturated carbocycles. The molecule has 36 heavy (non-hydrogen) atoms. The van der Waals surface area contributed by atoms with Crippen LogP contribution in [0.3, 0.4) is 0 Å². The van der Waals surface area contributed by atoms with E-state index in [0.717, 1.165) is 56.3 Å². The van der Waals surface area contributed by atoms with Gasteiger partial charge >= 0.3 is 11.8 Å². The number of carbonyl (C=O) groups is 1. The van der Waals surface area contributed by atoms with Crippen molar-refractivity contribution in [1.29, 1.82) is 0 Å². The minimum Gasteiger partial charge on any atom is -0.490 e. The van der Waals surface area contributed by atoms with E-state index in [2.05, 4.69) is 9.80 Å². The van der Waals surface area contributed by atoms with Gasteiger partial charge in [-0.05, 0) is 71.3 Å². The summed E-state index contributed by atoms with van der Waals surface area (Å²) in [7, 11) is 1.49. The number of nitro benzene ring substituents is 1. The van der Waals surface area contributed by atoms with E-state index >= 15 is 0 Å². The van der Waals surface area contributed by atoms with Gasteiger partial charge < -0.3 is 19.3 Å². The van der Waals surface area contributed by atoms with E-state index < -0.39 is 5.60 Å². The number of piperidine rings is 2. The maximum Gasteiger partial charge on any atom is 0.410 e. The number of nitro groups is 1. The highest BCUT2D eigenvalue weighted by Crippen LogP contribution is 2.60. The number of benzene rings is 1. The second-order valence-corrected chi connectivity index (χ2v) is 12.2. The van der Waals surface area contributed by atoms with E-state index in [4.69, 9.17) is 9.47 Å². The SMILES string of the molecule is COc1cc(N2CCC3(CC2)CN2C(CC4CCN(C(=O)OC(C)(C)C)CC4)C23)c(C)cc1[N+](=O)[O-]. The van der Waals surface area contributed by atoms with Crippen LogP contribution < -0.4 is 9.64 Å². The van der Waals surface area contributed by atoms with Gasteiger partial charge in [0.25, 0.3) is 0 Å². The fraction of sp³-hybridized carbons (Fsp3) is 0.741. The Balaban J connectivity index is 1.12. The largest absolute Gasteiger partial charge is 0.490 e. The molecule has 1 aromatic rings. The average molecular weight is 501 g/mol. The van der Waals surface area contributed by atoms with Crippen LogP contribution in [0.1, 0.15) is 58.4 Å². The fourth-order valence-electron chi connectivity index (χ4n) is 6.89. The Hall–Kier alpha value is -2.55. The third-order valence-corrected chi connectivity index (χ3v) is 8.82. The van der Waals surface area contributed by atoms with Gasteiger partial charge in [-0.1, -0.05) is 0 Å². The third kappa shape index (κ3) is 4.62. The normalized spacial score (nSPS) is 27.3. The van der Waals surface area contributed by atoms with Gasteiger partial charge in [0.05, 0.1) is 12.0 Å². The number of aryl methyl sites for hydroxylation is 1. The molecular weight excluding hydrogens is 460 g/mol. The summed E-state index contributed by atoms with van der Waals surface area (Å²) in [5.41, 5.74) is 1.99. The molecule has 198 valence electrons. The number of nitrogens with zero attached hydrogens (tertiary/aromatic N) is 4. The Kier molecular flexibility index (Phi) is 6.34. The predicted octanol–water partition coefficient (Wildman–Crippen LogP) is 4.60. The first-order valence-corrected chi connectivity index (χ1v) is 13.3. The van der Waals surface area contributed by atoms with Crippen molar-refractivity contribution in [1.82, 2.24) is 9.80 Å². The van der Waals surface area contributed by atoms with Crippen LogP contribution in [0.25, 0.3) is 0 Å². The summed E-state index contributed by atoms with van der Waals surface area (Å²) in [6, 6.07) is 4.89. The molecule has 1 aromatic carbocycles. The van der Waals surface area contributed by atoms with E-state index in [-0.39, 0.29) is 16.7 Å². The van der Waals surface area contributed by atoms with Gasteiger partial charge in [-0.15, -0.1) is 0 Å². The van der Waals surface area contributed by atoms with E-state index in [1.165, 1.54) is 32.9 Å². The Morgan fingerprint density at radius 3 is 2.42 bits per heavy atom. The molecule has 0 aromatic heterocycles. The number of fused-ring (bicyclic) bond motifs is 2. The number of ether oxygens (including phenoxy) is 2. The molecule has 0 N–H and O–H groups in total. The molecule has 4 fully saturated rings. The Morgan fingerprint density at radius 2 is 1.83 bits per heavy atom. The van der Waals surface area contributed by atoms with Crippen molar-refractivity contribution < 1.29 is 19.2 Å². The fourth-order valence-corrected chi connectivity index (χ4v) is 6.89. The maximum absolute atomic E-state index is 12.4. The Bertz CT molecular complexity index is 1020. The topological polar surface area (TPSA) is 88.2 Å². The van der Waals surface area contributed by atoms with E-state index in [1.807, 2.05) is 38.7 Å². The zero-order valence-corrected chi connectivity index (χ0v) is 22.3. The maximum atomic E-state index is 12.4. The zero-order valence-electron chi connectivity index (χ0n) is 22.3. The molecule has 9 heteroatoms. The molecule has 3 unspecified atom stereocenters. The van der Waals surface area contributed by atoms with Crippen LogP contribution in [0.5, 0.6) is 5.75 Å². The highest BCUT2D eigenvalue weighted by molar-refractivity contribution is 5.68. The van der Waals surface area contributed by atoms with Crippen LogP contribution in [0.15, 0.2) is 12.1 Å². The average Bonchev–Trinajstić information content (AvgIpc) is 3.42. The van der Waals surface area contributed by atoms with Crippen molar-refractivity contribution in [2.24, 2.45) is 11.3 Å². The molecule has 4 saturated heterocycles. The van der Waals surface area contributed by atoms with Crippen LogP contribution in [-0.2, 0) is 4.74 Å². The second-order valence-electron chi connectivity index (χ2n) is 12.2. The number of methoxy groups -OCH3 is 1. The highest BCUT2D eigenvalue weighted by Gasteiger charge is 2.69. The minimum atomic E-state index is -0.443. The number of likely N-dealkylation sites (tertiary alicyclic amines) is 1. The number of amides is 1. The summed E-state index contributed by atoms with van der Waals surface area (Å²) < 4.78 is 10.9. The number of rotatable bonds is 5. The van der Waals surface area contributed by atoms with Crippen molar-refractivity contribution in [2.75, 3.05) is 44.7 Å². The number of anilines is 1. The van der Waals surface area contributed by atoms with Crippen molar-refractivity contribution in [3.63, 3.8) is 0 Å². The summed E-state index contributed by atoms with van der Waals surface area (Å²) in [6.45, 7) is 12.5. The molecule has 4 heterocycles. The number of hydrogen-bond acceptors (Lipinski definition) is 7. The second kappa shape index (κ2) is 9.08. The van der Waals surface area contributed by atoms with Crippen LogP contribution in [-0.4, -0.2) is 78.3 Å². The summed E-state index contributed by atoms with van der Waals surface area (Å²) in [4.78, 5) is 30.3. The van der Waals surface area contributed by atoms with Crippen molar-refractivity contribution in [3.05, 3.63) is 27.8 Å². The van der Waals surface area contributed by atoms with Gasteiger partial charge in [0.1, 0.15) is 5.60 Å². The van der Waals surface area contributed by atoms with Gasteiger partial charge in [-0.2, -0.15) is 0 Å². The van der Waals surface area contributed by atoms with Crippen molar-refractivity contribution >= 4 is 17.5 Å². The molecule has 4 aliphatic rings. The van der Waals surface area contributed by atoms with E-state index in [9.17, 15) is 14.9 Å². The predicted molar refractivity (Wildman–Crippen MR) is 138 cm³/mol. The lowest BCUT2D eigenvalue weighted by Crippen LogP contribution is -2.53. The molecule has 3 atom stereocenters. The molecule has 0 radical (unpaired) electrons. The van der Waals surface area contributed by atoms with Crippen LogP contribution in [0.4, 0.5) is 16.2 Å². The smallest absolute Gasteiger partial charge is 0.410 e. The van der Waals surface area contributed by atoms with Crippen LogP contribution in [0, 0.1) is 28.4 Å². The lowest BCUT2D eigenvalue weighted by molar-refractivity contribution is -0.385. The van der Waals surface area contributed by atoms with E-state index in [1.54, 1.807) is 6.07 Å². The molecular formula is C27H40N4O5. The zero-order chi connectivity index (χ0) is 25.8. The molecule has 1 amide bonds. The molecule has 4 aliphatic heterocycles. The molecule has 9 nitrogen and oxygen atoms in total. The van der Waals surface area contributed by atoms with Crippen molar-refractivity contribution in [3.8, 4) is 5.75 Å². The molecule has 1 spiro atoms. The summed E-state index contributed by atoms with van der Waals surface area (Å²) >= 11 is 0.